The van der Waals surface area contributed by atoms with Crippen molar-refractivity contribution in [1.29, 1.82) is 0 Å². The number of thiophene rings is 1. The topological polar surface area (TPSA) is 96.5 Å². The van der Waals surface area contributed by atoms with E-state index in [-0.39, 0.29) is 5.25 Å². The summed E-state index contributed by atoms with van der Waals surface area (Å²) < 4.78 is 14.0. The number of aromatic nitrogens is 5. The summed E-state index contributed by atoms with van der Waals surface area (Å²) in [6.45, 7) is 0. The van der Waals surface area contributed by atoms with Crippen molar-refractivity contribution in [1.82, 2.24) is 24.9 Å². The van der Waals surface area contributed by atoms with Gasteiger partial charge in [0.15, 0.2) is 0 Å². The second kappa shape index (κ2) is 22.0. The molecule has 420 valence electrons. The Hall–Kier alpha value is -11.1. The monoisotopic (exact) mass is 1180 g/mol. The molecule has 89 heavy (non-hydrogen) atoms. The summed E-state index contributed by atoms with van der Waals surface area (Å²) in [4.78, 5) is 26.1. The molecule has 1 atom stereocenters. The second-order valence-corrected chi connectivity index (χ2v) is 24.3. The Kier molecular flexibility index (Phi) is 12.9. The predicted molar refractivity (Wildman–Crippen MR) is 368 cm³/mol. The van der Waals surface area contributed by atoms with E-state index in [1.807, 2.05) is 30.7 Å². The Morgan fingerprint density at radius 2 is 1.18 bits per heavy atom. The molecule has 1 unspecified atom stereocenters. The molecule has 7 nitrogen and oxygen atoms in total. The average Bonchev–Trinajstić information content (AvgIpc) is 2.75. The summed E-state index contributed by atoms with van der Waals surface area (Å²) in [6, 6.07) is 92.3. The predicted octanol–water partition coefficient (Wildman–Crippen LogP) is 22.4. The molecule has 0 aliphatic carbocycles. The van der Waals surface area contributed by atoms with E-state index in [1.165, 1.54) is 0 Å². The fourth-order valence-electron chi connectivity index (χ4n) is 13.2. The molecule has 0 aliphatic heterocycles. The van der Waals surface area contributed by atoms with Crippen LogP contribution in [0.2, 0.25) is 0 Å². The Balaban J connectivity index is 0.906. The number of para-hydroxylation sites is 3. The Morgan fingerprint density at radius 3 is 2.02 bits per heavy atom. The quantitative estimate of drug-likeness (QED) is 0.112. The fraction of sp³-hybridized carbons (Fsp3) is 0.0125. The smallest absolute Gasteiger partial charge is 0.146 e. The molecule has 2 N–H and O–H groups in total. The summed E-state index contributed by atoms with van der Waals surface area (Å²) in [5.74, 6) is 1.50. The maximum atomic E-state index is 7.45. The van der Waals surface area contributed by atoms with Crippen LogP contribution in [0.3, 0.4) is 0 Å². The average molecular weight is 1180 g/mol. The zero-order chi connectivity index (χ0) is 58.8. The number of aromatic amines is 2. The molecule has 9 aromatic carbocycles. The van der Waals surface area contributed by atoms with Crippen molar-refractivity contribution < 1.29 is 8.83 Å². The zero-order valence-corrected chi connectivity index (χ0v) is 49.4. The molecule has 0 saturated heterocycles. The van der Waals surface area contributed by atoms with Crippen molar-refractivity contribution in [2.24, 2.45) is 0 Å². The summed E-state index contributed by atoms with van der Waals surface area (Å²) in [5.41, 5.74) is 19.3. The SMILES string of the molecule is c1ccc(C(Sc2ccccc2-c2c(-c3c(-c4cccnc4-c4cc(-c5cccc6ccccc56)c(-c5ccc[nH]5)c(-c5ccco5)c4-c4cccs4)[nH]c4ccccc34)oc3ccccc23)c2nc3ccccc3cc2-c2nccc3ccccc23)cc1. The van der Waals surface area contributed by atoms with Gasteiger partial charge in [0, 0.05) is 100 Å². The minimum absolute atomic E-state index is 0.272. The van der Waals surface area contributed by atoms with Crippen LogP contribution >= 0.6 is 23.1 Å². The largest absolute Gasteiger partial charge is 0.464 e. The third kappa shape index (κ3) is 9.00. The number of rotatable bonds is 13. The number of hydrogen-bond acceptors (Lipinski definition) is 7. The number of H-pyrrole nitrogens is 2. The van der Waals surface area contributed by atoms with Gasteiger partial charge in [-0.1, -0.05) is 176 Å². The lowest BCUT2D eigenvalue weighted by atomic mass is 9.82. The molecule has 0 fully saturated rings. The lowest BCUT2D eigenvalue weighted by molar-refractivity contribution is 0.583. The van der Waals surface area contributed by atoms with Gasteiger partial charge in [-0.2, -0.15) is 0 Å². The molecule has 0 radical (unpaired) electrons. The highest BCUT2D eigenvalue weighted by Gasteiger charge is 2.33. The van der Waals surface area contributed by atoms with Crippen LogP contribution in [0, 0.1) is 0 Å². The van der Waals surface area contributed by atoms with E-state index < -0.39 is 0 Å². The molecular weight excluding hydrogens is 1130 g/mol. The van der Waals surface area contributed by atoms with Crippen LogP contribution in [0.1, 0.15) is 16.5 Å². The van der Waals surface area contributed by atoms with Crippen molar-refractivity contribution in [3.63, 3.8) is 0 Å². The number of hydrogen-bond donors (Lipinski definition) is 2. The number of pyridine rings is 3. The van der Waals surface area contributed by atoms with E-state index in [0.29, 0.717) is 0 Å². The van der Waals surface area contributed by atoms with Gasteiger partial charge in [-0.25, -0.2) is 0 Å². The van der Waals surface area contributed by atoms with Gasteiger partial charge >= 0.3 is 0 Å². The molecular formula is C80H51N5O2S2. The Morgan fingerprint density at radius 1 is 0.449 bits per heavy atom. The molecule has 8 aromatic heterocycles. The maximum Gasteiger partial charge on any atom is 0.146 e. The van der Waals surface area contributed by atoms with E-state index in [2.05, 4.69) is 264 Å². The van der Waals surface area contributed by atoms with Gasteiger partial charge in [-0.05, 0) is 129 Å². The first-order valence-corrected chi connectivity index (χ1v) is 31.5. The number of benzene rings is 9. The van der Waals surface area contributed by atoms with Gasteiger partial charge < -0.3 is 18.8 Å². The Bertz CT molecular complexity index is 5480. The minimum Gasteiger partial charge on any atom is -0.464 e. The lowest BCUT2D eigenvalue weighted by Crippen LogP contribution is -2.05. The number of nitrogens with zero attached hydrogens (tertiary/aromatic N) is 3. The third-order valence-electron chi connectivity index (χ3n) is 17.1. The van der Waals surface area contributed by atoms with Gasteiger partial charge in [0.05, 0.1) is 45.4 Å². The lowest BCUT2D eigenvalue weighted by Gasteiger charge is -2.23. The van der Waals surface area contributed by atoms with Crippen LogP contribution in [-0.4, -0.2) is 24.9 Å². The number of nitrogens with one attached hydrogen (secondary N) is 2. The van der Waals surface area contributed by atoms with E-state index in [4.69, 9.17) is 23.8 Å². The van der Waals surface area contributed by atoms with Crippen molar-refractivity contribution in [2.45, 2.75) is 10.1 Å². The van der Waals surface area contributed by atoms with Crippen molar-refractivity contribution in [2.75, 3.05) is 0 Å². The first-order chi connectivity index (χ1) is 44.2. The molecule has 17 rings (SSSR count). The zero-order valence-electron chi connectivity index (χ0n) is 47.8. The van der Waals surface area contributed by atoms with Crippen LogP contribution in [0.15, 0.2) is 305 Å². The molecule has 17 aromatic rings. The van der Waals surface area contributed by atoms with Crippen LogP contribution in [-0.2, 0) is 0 Å². The summed E-state index contributed by atoms with van der Waals surface area (Å²) >= 11 is 3.51. The van der Waals surface area contributed by atoms with Gasteiger partial charge in [0.1, 0.15) is 17.1 Å². The van der Waals surface area contributed by atoms with Gasteiger partial charge in [0.2, 0.25) is 0 Å². The standard InChI is InChI=1S/C80H51N5O2S2/c1-2-23-51(24-3-1)80(78-62(47-52-25-6-12-34-63(52)84-78)75-54-28-8-5-22-50(54)41-44-83-75)89-68-39-15-11-31-58(68)70-57-30-10-14-37-66(57)87-79(70)73-56-29-9-13-35-64(56)85-77(73)59-33-17-43-82-76(59)61-48-60(55-32-16-26-49-21-4-7-27-53(49)55)71(65-36-18-42-81-65)74(67-38-19-45-86-67)72(61)69-40-20-46-88-69/h1-48,80-81,85H. The molecule has 0 amide bonds. The van der Waals surface area contributed by atoms with Crippen LogP contribution in [0.5, 0.6) is 0 Å². The summed E-state index contributed by atoms with van der Waals surface area (Å²) in [5, 5.41) is 9.44. The van der Waals surface area contributed by atoms with Gasteiger partial charge in [-0.15, -0.1) is 23.1 Å². The van der Waals surface area contributed by atoms with Gasteiger partial charge in [0.25, 0.3) is 0 Å². The molecule has 9 heteroatoms. The molecule has 0 bridgehead atoms. The Labute approximate surface area is 520 Å². The minimum atomic E-state index is -0.272. The van der Waals surface area contributed by atoms with Gasteiger partial charge in [-0.3, -0.25) is 15.0 Å². The normalized spacial score (nSPS) is 12.0. The molecule has 0 aliphatic rings. The first kappa shape index (κ1) is 52.2. The van der Waals surface area contributed by atoms with E-state index in [1.54, 1.807) is 29.4 Å². The highest BCUT2D eigenvalue weighted by molar-refractivity contribution is 7.99. The highest BCUT2D eigenvalue weighted by atomic mass is 32.2. The maximum absolute atomic E-state index is 7.45. The van der Waals surface area contributed by atoms with Crippen molar-refractivity contribution >= 4 is 77.4 Å². The number of thioether (sulfide) groups is 1. The first-order valence-electron chi connectivity index (χ1n) is 29.7. The molecule has 0 saturated carbocycles. The van der Waals surface area contributed by atoms with Crippen molar-refractivity contribution in [3.05, 3.63) is 302 Å². The number of furan rings is 2. The summed E-state index contributed by atoms with van der Waals surface area (Å²) in [7, 11) is 0. The van der Waals surface area contributed by atoms with E-state index in [0.717, 1.165) is 171 Å². The highest BCUT2D eigenvalue weighted by Crippen LogP contribution is 2.56. The third-order valence-corrected chi connectivity index (χ3v) is 19.3. The summed E-state index contributed by atoms with van der Waals surface area (Å²) in [6.07, 6.45) is 7.59. The van der Waals surface area contributed by atoms with Crippen LogP contribution < -0.4 is 0 Å². The second-order valence-electron chi connectivity index (χ2n) is 22.2. The van der Waals surface area contributed by atoms with E-state index in [9.17, 15) is 0 Å². The van der Waals surface area contributed by atoms with Crippen LogP contribution in [0.4, 0.5) is 0 Å². The fourth-order valence-corrected chi connectivity index (χ4v) is 15.3. The molecule has 8 heterocycles. The molecule has 0 spiro atoms. The van der Waals surface area contributed by atoms with Crippen LogP contribution in [0.25, 0.3) is 155 Å². The number of fused-ring (bicyclic) bond motifs is 5. The van der Waals surface area contributed by atoms with E-state index >= 15 is 0 Å². The van der Waals surface area contributed by atoms with Crippen molar-refractivity contribution in [3.8, 4) is 100 Å².